The van der Waals surface area contributed by atoms with Crippen LogP contribution in [-0.4, -0.2) is 17.6 Å². The number of nitrogens with two attached hydrogens (primary N) is 1. The van der Waals surface area contributed by atoms with E-state index in [-0.39, 0.29) is 11.6 Å². The topological polar surface area (TPSA) is 52.3 Å². The Bertz CT molecular complexity index is 600. The van der Waals surface area contributed by atoms with Crippen LogP contribution in [0.2, 0.25) is 0 Å². The molecule has 3 unspecified atom stereocenters. The average molecular weight is 297 g/mol. The van der Waals surface area contributed by atoms with E-state index in [4.69, 9.17) is 10.5 Å². The Morgan fingerprint density at radius 2 is 1.86 bits per heavy atom. The molecule has 0 aromatic heterocycles. The van der Waals surface area contributed by atoms with E-state index in [1.54, 1.807) is 0 Å². The van der Waals surface area contributed by atoms with Gasteiger partial charge in [-0.05, 0) is 61.8 Å². The van der Waals surface area contributed by atoms with Gasteiger partial charge < -0.3 is 10.5 Å². The molecule has 4 aliphatic rings. The number of carbonyl (C=O) groups is 1. The van der Waals surface area contributed by atoms with E-state index in [2.05, 4.69) is 12.1 Å². The van der Waals surface area contributed by atoms with Gasteiger partial charge in [-0.1, -0.05) is 30.3 Å². The monoisotopic (exact) mass is 297 g/mol. The highest BCUT2D eigenvalue weighted by atomic mass is 16.6. The number of rotatable bonds is 5. The van der Waals surface area contributed by atoms with Crippen LogP contribution in [0.25, 0.3) is 0 Å². The van der Waals surface area contributed by atoms with Gasteiger partial charge in [0.05, 0.1) is 0 Å². The molecule has 4 saturated carbocycles. The van der Waals surface area contributed by atoms with Crippen LogP contribution in [0.5, 0.6) is 0 Å². The van der Waals surface area contributed by atoms with Crippen LogP contribution >= 0.6 is 0 Å². The molecule has 1 spiro atoms. The quantitative estimate of drug-likeness (QED) is 0.850. The van der Waals surface area contributed by atoms with Gasteiger partial charge in [-0.2, -0.15) is 0 Å². The lowest BCUT2D eigenvalue weighted by atomic mass is 9.16. The van der Waals surface area contributed by atoms with Gasteiger partial charge in [0.1, 0.15) is 11.6 Å². The standard InChI is InChI=1S/C19H23NO2/c20-16(7-6-12-4-2-1-3-5-12)17(21)22-18-10-14-8-13-9-15(11-18)19(13,14)18/h1-5,13-16H,6-11,20H2. The first-order valence-corrected chi connectivity index (χ1v) is 8.68. The van der Waals surface area contributed by atoms with Gasteiger partial charge in [-0.25, -0.2) is 0 Å². The highest BCUT2D eigenvalue weighted by molar-refractivity contribution is 5.76. The fourth-order valence-corrected chi connectivity index (χ4v) is 6.36. The zero-order valence-electron chi connectivity index (χ0n) is 12.8. The Morgan fingerprint density at radius 3 is 2.45 bits per heavy atom. The van der Waals surface area contributed by atoms with Gasteiger partial charge in [-0.15, -0.1) is 0 Å². The summed E-state index contributed by atoms with van der Waals surface area (Å²) in [6.07, 6.45) is 6.49. The third kappa shape index (κ3) is 1.35. The summed E-state index contributed by atoms with van der Waals surface area (Å²) < 4.78 is 5.98. The van der Waals surface area contributed by atoms with Crippen LogP contribution in [0.4, 0.5) is 0 Å². The molecule has 0 amide bonds. The first kappa shape index (κ1) is 13.1. The van der Waals surface area contributed by atoms with Crippen molar-refractivity contribution in [3.05, 3.63) is 35.9 Å². The van der Waals surface area contributed by atoms with Crippen LogP contribution in [0.1, 0.15) is 37.7 Å². The minimum atomic E-state index is -0.484. The Kier molecular flexibility index (Phi) is 2.47. The smallest absolute Gasteiger partial charge is 0.323 e. The van der Waals surface area contributed by atoms with Crippen LogP contribution in [-0.2, 0) is 16.0 Å². The maximum absolute atomic E-state index is 12.4. The van der Waals surface area contributed by atoms with Crippen molar-refractivity contribution in [2.24, 2.45) is 28.9 Å². The van der Waals surface area contributed by atoms with E-state index in [0.29, 0.717) is 11.8 Å². The normalized spacial score (nSPS) is 44.1. The number of esters is 1. The Balaban J connectivity index is 1.19. The summed E-state index contributed by atoms with van der Waals surface area (Å²) in [4.78, 5) is 12.4. The zero-order chi connectivity index (χ0) is 14.9. The molecule has 3 nitrogen and oxygen atoms in total. The fraction of sp³-hybridized carbons (Fsp3) is 0.632. The molecule has 1 aromatic rings. The Labute approximate surface area is 131 Å². The van der Waals surface area contributed by atoms with Crippen LogP contribution in [0, 0.1) is 23.2 Å². The van der Waals surface area contributed by atoms with Gasteiger partial charge in [0.25, 0.3) is 0 Å². The fourth-order valence-electron chi connectivity index (χ4n) is 6.36. The van der Waals surface area contributed by atoms with Crippen molar-refractivity contribution in [1.29, 1.82) is 0 Å². The predicted molar refractivity (Wildman–Crippen MR) is 82.9 cm³/mol. The first-order chi connectivity index (χ1) is 10.7. The molecular formula is C19H23NO2. The summed E-state index contributed by atoms with van der Waals surface area (Å²) in [5.41, 5.74) is 7.66. The maximum atomic E-state index is 12.4. The number of ether oxygens (including phenoxy) is 1. The van der Waals surface area contributed by atoms with Crippen LogP contribution < -0.4 is 5.73 Å². The Hall–Kier alpha value is -1.35. The van der Waals surface area contributed by atoms with Gasteiger partial charge in [0, 0.05) is 5.41 Å². The van der Waals surface area contributed by atoms with E-state index in [9.17, 15) is 4.79 Å². The molecule has 1 aromatic carbocycles. The van der Waals surface area contributed by atoms with E-state index < -0.39 is 6.04 Å². The van der Waals surface area contributed by atoms with Crippen molar-refractivity contribution in [1.82, 2.24) is 0 Å². The SMILES string of the molecule is NC(CCc1ccccc1)C(=O)OC12CC3CC4CC(C1)C432. The van der Waals surface area contributed by atoms with Crippen molar-refractivity contribution in [2.75, 3.05) is 0 Å². The molecule has 0 bridgehead atoms. The van der Waals surface area contributed by atoms with Crippen molar-refractivity contribution < 1.29 is 9.53 Å². The second-order valence-corrected chi connectivity index (χ2v) is 7.95. The second kappa shape index (κ2) is 4.14. The highest BCUT2D eigenvalue weighted by Gasteiger charge is 2.89. The van der Waals surface area contributed by atoms with Gasteiger partial charge in [-0.3, -0.25) is 4.79 Å². The second-order valence-electron chi connectivity index (χ2n) is 7.95. The number of carbonyl (C=O) groups excluding carboxylic acids is 1. The van der Waals surface area contributed by atoms with Gasteiger partial charge >= 0.3 is 5.97 Å². The first-order valence-electron chi connectivity index (χ1n) is 8.68. The van der Waals surface area contributed by atoms with Crippen LogP contribution in [0.15, 0.2) is 30.3 Å². The van der Waals surface area contributed by atoms with E-state index in [0.717, 1.165) is 37.0 Å². The molecule has 4 fully saturated rings. The van der Waals surface area contributed by atoms with Gasteiger partial charge in [0.2, 0.25) is 0 Å². The third-order valence-corrected chi connectivity index (χ3v) is 7.29. The third-order valence-electron chi connectivity index (χ3n) is 7.29. The number of hydrogen-bond donors (Lipinski definition) is 1. The lowest BCUT2D eigenvalue weighted by Gasteiger charge is -2.89. The lowest BCUT2D eigenvalue weighted by Crippen LogP contribution is -2.89. The average Bonchev–Trinajstić information content (AvgIpc) is 2.46. The van der Waals surface area contributed by atoms with E-state index >= 15 is 0 Å². The number of hydrogen-bond acceptors (Lipinski definition) is 3. The molecule has 4 aliphatic carbocycles. The molecular weight excluding hydrogens is 274 g/mol. The lowest BCUT2D eigenvalue weighted by molar-refractivity contribution is -0.449. The molecule has 2 N–H and O–H groups in total. The molecule has 116 valence electrons. The Morgan fingerprint density at radius 1 is 1.18 bits per heavy atom. The summed E-state index contributed by atoms with van der Waals surface area (Å²) in [5.74, 6) is 2.41. The summed E-state index contributed by atoms with van der Waals surface area (Å²) in [7, 11) is 0. The van der Waals surface area contributed by atoms with Crippen molar-refractivity contribution in [3.63, 3.8) is 0 Å². The van der Waals surface area contributed by atoms with E-state index in [1.165, 1.54) is 18.4 Å². The molecule has 5 rings (SSSR count). The van der Waals surface area contributed by atoms with Crippen molar-refractivity contribution in [2.45, 2.75) is 50.2 Å². The summed E-state index contributed by atoms with van der Waals surface area (Å²) in [6, 6.07) is 9.72. The minimum Gasteiger partial charge on any atom is -0.457 e. The molecule has 0 radical (unpaired) electrons. The number of aryl methyl sites for hydroxylation is 1. The minimum absolute atomic E-state index is 0.0923. The highest BCUT2D eigenvalue weighted by Crippen LogP contribution is 2.90. The summed E-state index contributed by atoms with van der Waals surface area (Å²) in [5, 5.41) is 0. The van der Waals surface area contributed by atoms with E-state index in [1.807, 2.05) is 18.2 Å². The molecule has 0 saturated heterocycles. The largest absolute Gasteiger partial charge is 0.457 e. The van der Waals surface area contributed by atoms with Crippen molar-refractivity contribution >= 4 is 5.97 Å². The number of benzene rings is 1. The predicted octanol–water partition coefficient (Wildman–Crippen LogP) is 2.68. The molecule has 22 heavy (non-hydrogen) atoms. The molecule has 3 atom stereocenters. The van der Waals surface area contributed by atoms with Crippen LogP contribution in [0.3, 0.4) is 0 Å². The van der Waals surface area contributed by atoms with Crippen molar-refractivity contribution in [3.8, 4) is 0 Å². The van der Waals surface area contributed by atoms with Gasteiger partial charge in [0.15, 0.2) is 0 Å². The summed E-state index contributed by atoms with van der Waals surface area (Å²) in [6.45, 7) is 0. The molecule has 0 aliphatic heterocycles. The zero-order valence-corrected chi connectivity index (χ0v) is 12.8. The molecule has 3 heteroatoms. The maximum Gasteiger partial charge on any atom is 0.323 e. The molecule has 0 heterocycles. The summed E-state index contributed by atoms with van der Waals surface area (Å²) >= 11 is 0.